The van der Waals surface area contributed by atoms with Crippen LogP contribution in [-0.2, 0) is 17.9 Å². The number of benzene rings is 1. The van der Waals surface area contributed by atoms with Gasteiger partial charge in [0.25, 0.3) is 5.91 Å². The molecule has 0 unspecified atom stereocenters. The summed E-state index contributed by atoms with van der Waals surface area (Å²) in [7, 11) is 0. The predicted molar refractivity (Wildman–Crippen MR) is 69.7 cm³/mol. The first-order valence-corrected chi connectivity index (χ1v) is 5.79. The average Bonchev–Trinajstić information content (AvgIpc) is 2.83. The number of amides is 1. The normalized spacial score (nSPS) is 10.2. The summed E-state index contributed by atoms with van der Waals surface area (Å²) in [5.41, 5.74) is 7.08. The van der Waals surface area contributed by atoms with Crippen LogP contribution < -0.4 is 11.1 Å². The highest BCUT2D eigenvalue weighted by molar-refractivity contribution is 5.94. The summed E-state index contributed by atoms with van der Waals surface area (Å²) in [5, 5.41) is 18.7. The number of nitrogens with two attached hydrogens (primary N) is 1. The van der Waals surface area contributed by atoms with E-state index in [0.29, 0.717) is 16.9 Å². The van der Waals surface area contributed by atoms with Crippen LogP contribution in [0, 0.1) is 0 Å². The van der Waals surface area contributed by atoms with Gasteiger partial charge in [-0.3, -0.25) is 9.59 Å². The highest BCUT2D eigenvalue weighted by Crippen LogP contribution is 2.05. The van der Waals surface area contributed by atoms with E-state index in [9.17, 15) is 9.59 Å². The molecule has 8 nitrogen and oxygen atoms in total. The van der Waals surface area contributed by atoms with Crippen LogP contribution in [0.1, 0.15) is 16.1 Å². The van der Waals surface area contributed by atoms with Crippen LogP contribution in [0.25, 0.3) is 0 Å². The number of anilines is 1. The summed E-state index contributed by atoms with van der Waals surface area (Å²) in [4.78, 5) is 22.3. The van der Waals surface area contributed by atoms with Crippen molar-refractivity contribution in [2.75, 3.05) is 5.73 Å². The van der Waals surface area contributed by atoms with Gasteiger partial charge >= 0.3 is 5.97 Å². The zero-order valence-electron chi connectivity index (χ0n) is 10.5. The maximum absolute atomic E-state index is 11.8. The first-order valence-electron chi connectivity index (χ1n) is 5.79. The molecule has 0 radical (unpaired) electrons. The van der Waals surface area contributed by atoms with Crippen molar-refractivity contribution >= 4 is 17.6 Å². The molecular formula is C12H13N5O3. The minimum atomic E-state index is -1.01. The van der Waals surface area contributed by atoms with Gasteiger partial charge in [0, 0.05) is 11.3 Å². The van der Waals surface area contributed by atoms with E-state index in [1.54, 1.807) is 24.3 Å². The van der Waals surface area contributed by atoms with E-state index in [1.807, 2.05) is 0 Å². The fourth-order valence-electron chi connectivity index (χ4n) is 1.54. The molecule has 1 aromatic carbocycles. The second kappa shape index (κ2) is 5.83. The zero-order chi connectivity index (χ0) is 14.5. The zero-order valence-corrected chi connectivity index (χ0v) is 10.5. The molecule has 2 aromatic rings. The number of nitrogens with zero attached hydrogens (tertiary/aromatic N) is 3. The predicted octanol–water partition coefficient (Wildman–Crippen LogP) is -0.125. The van der Waals surface area contributed by atoms with E-state index in [1.165, 1.54) is 10.9 Å². The molecule has 0 atom stereocenters. The average molecular weight is 275 g/mol. The molecule has 1 aromatic heterocycles. The van der Waals surface area contributed by atoms with Crippen LogP contribution in [0.5, 0.6) is 0 Å². The third-order valence-electron chi connectivity index (χ3n) is 2.49. The highest BCUT2D eigenvalue weighted by atomic mass is 16.4. The van der Waals surface area contributed by atoms with E-state index >= 15 is 0 Å². The Morgan fingerprint density at radius 2 is 2.00 bits per heavy atom. The molecule has 0 bridgehead atoms. The highest BCUT2D eigenvalue weighted by Gasteiger charge is 2.08. The molecule has 8 heteroatoms. The first kappa shape index (κ1) is 13.5. The Hall–Kier alpha value is -2.90. The molecule has 0 fully saturated rings. The van der Waals surface area contributed by atoms with Crippen molar-refractivity contribution in [2.24, 2.45) is 0 Å². The SMILES string of the molecule is Nc1ccc(C(=O)NCc2cn(CC(=O)O)nn2)cc1. The lowest BCUT2D eigenvalue weighted by Crippen LogP contribution is -2.22. The van der Waals surface area contributed by atoms with Gasteiger partial charge < -0.3 is 16.2 Å². The van der Waals surface area contributed by atoms with E-state index in [4.69, 9.17) is 10.8 Å². The summed E-state index contributed by atoms with van der Waals surface area (Å²) in [6, 6.07) is 6.51. The van der Waals surface area contributed by atoms with Crippen LogP contribution >= 0.6 is 0 Å². The molecule has 1 amide bonds. The monoisotopic (exact) mass is 275 g/mol. The number of carbonyl (C=O) groups is 2. The van der Waals surface area contributed by atoms with Crippen LogP contribution in [0.2, 0.25) is 0 Å². The van der Waals surface area contributed by atoms with Crippen LogP contribution in [0.4, 0.5) is 5.69 Å². The summed E-state index contributed by atoms with van der Waals surface area (Å²) in [6.07, 6.45) is 1.47. The minimum absolute atomic E-state index is 0.169. The molecule has 4 N–H and O–H groups in total. The number of aliphatic carboxylic acids is 1. The summed E-state index contributed by atoms with van der Waals surface area (Å²) in [5.74, 6) is -1.27. The molecule has 0 saturated carbocycles. The Kier molecular flexibility index (Phi) is 3.94. The molecule has 0 saturated heterocycles. The second-order valence-corrected chi connectivity index (χ2v) is 4.11. The van der Waals surface area contributed by atoms with Gasteiger partial charge in [-0.05, 0) is 24.3 Å². The lowest BCUT2D eigenvalue weighted by atomic mass is 10.2. The molecule has 0 aliphatic rings. The third-order valence-corrected chi connectivity index (χ3v) is 2.49. The van der Waals surface area contributed by atoms with Gasteiger partial charge in [0.2, 0.25) is 0 Å². The van der Waals surface area contributed by atoms with Crippen molar-refractivity contribution in [2.45, 2.75) is 13.1 Å². The van der Waals surface area contributed by atoms with Gasteiger partial charge in [-0.25, -0.2) is 4.68 Å². The van der Waals surface area contributed by atoms with Gasteiger partial charge in [-0.2, -0.15) is 0 Å². The molecule has 2 rings (SSSR count). The third kappa shape index (κ3) is 3.55. The van der Waals surface area contributed by atoms with Crippen LogP contribution in [-0.4, -0.2) is 32.0 Å². The standard InChI is InChI=1S/C12H13N5O3/c13-9-3-1-8(2-4-9)12(20)14-5-10-6-17(16-15-10)7-11(18)19/h1-4,6H,5,7,13H2,(H,14,20)(H,18,19). The number of rotatable bonds is 5. The molecule has 0 aliphatic carbocycles. The van der Waals surface area contributed by atoms with Gasteiger partial charge in [0.1, 0.15) is 12.2 Å². The fourth-order valence-corrected chi connectivity index (χ4v) is 1.54. The Morgan fingerprint density at radius 3 is 2.65 bits per heavy atom. The van der Waals surface area contributed by atoms with E-state index in [2.05, 4.69) is 15.6 Å². The van der Waals surface area contributed by atoms with Crippen molar-refractivity contribution in [1.82, 2.24) is 20.3 Å². The smallest absolute Gasteiger partial charge is 0.325 e. The summed E-state index contributed by atoms with van der Waals surface area (Å²) < 4.78 is 1.19. The summed E-state index contributed by atoms with van der Waals surface area (Å²) >= 11 is 0. The van der Waals surface area contributed by atoms with Crippen molar-refractivity contribution in [3.05, 3.63) is 41.7 Å². The number of carbonyl (C=O) groups excluding carboxylic acids is 1. The molecule has 1 heterocycles. The topological polar surface area (TPSA) is 123 Å². The van der Waals surface area contributed by atoms with Gasteiger partial charge in [0.05, 0.1) is 12.7 Å². The van der Waals surface area contributed by atoms with Crippen LogP contribution in [0.3, 0.4) is 0 Å². The molecule has 0 aliphatic heterocycles. The van der Waals surface area contributed by atoms with Crippen molar-refractivity contribution in [3.63, 3.8) is 0 Å². The largest absolute Gasteiger partial charge is 0.480 e. The van der Waals surface area contributed by atoms with Crippen LogP contribution in [0.15, 0.2) is 30.5 Å². The fraction of sp³-hybridized carbons (Fsp3) is 0.167. The Balaban J connectivity index is 1.91. The molecule has 20 heavy (non-hydrogen) atoms. The first-order chi connectivity index (χ1) is 9.54. The summed E-state index contributed by atoms with van der Waals surface area (Å²) in [6.45, 7) is -0.0955. The number of hydrogen-bond donors (Lipinski definition) is 3. The number of nitrogen functional groups attached to an aromatic ring is 1. The number of carboxylic acids is 1. The Morgan fingerprint density at radius 1 is 1.30 bits per heavy atom. The number of nitrogens with one attached hydrogen (secondary N) is 1. The second-order valence-electron chi connectivity index (χ2n) is 4.11. The maximum atomic E-state index is 11.8. The van der Waals surface area contributed by atoms with Crippen molar-refractivity contribution in [3.8, 4) is 0 Å². The van der Waals surface area contributed by atoms with Crippen molar-refractivity contribution in [1.29, 1.82) is 0 Å². The van der Waals surface area contributed by atoms with E-state index in [0.717, 1.165) is 0 Å². The molecule has 0 spiro atoms. The lowest BCUT2D eigenvalue weighted by molar-refractivity contribution is -0.137. The van der Waals surface area contributed by atoms with Gasteiger partial charge in [-0.15, -0.1) is 5.10 Å². The van der Waals surface area contributed by atoms with Gasteiger partial charge in [-0.1, -0.05) is 5.21 Å². The maximum Gasteiger partial charge on any atom is 0.325 e. The van der Waals surface area contributed by atoms with Crippen molar-refractivity contribution < 1.29 is 14.7 Å². The quantitative estimate of drug-likeness (QED) is 0.653. The minimum Gasteiger partial charge on any atom is -0.480 e. The Bertz CT molecular complexity index is 620. The molecular weight excluding hydrogens is 262 g/mol. The number of aromatic nitrogens is 3. The lowest BCUT2D eigenvalue weighted by Gasteiger charge is -2.03. The Labute approximate surface area is 114 Å². The molecule has 104 valence electrons. The van der Waals surface area contributed by atoms with Gasteiger partial charge in [0.15, 0.2) is 0 Å². The van der Waals surface area contributed by atoms with E-state index < -0.39 is 5.97 Å². The number of carboxylic acid groups (broad SMARTS) is 1. The number of hydrogen-bond acceptors (Lipinski definition) is 5. The van der Waals surface area contributed by atoms with E-state index in [-0.39, 0.29) is 19.0 Å².